The largest absolute Gasteiger partial charge is 0.368 e. The average Bonchev–Trinajstić information content (AvgIpc) is 2.94. The van der Waals surface area contributed by atoms with Gasteiger partial charge in [0.25, 0.3) is 0 Å². The van der Waals surface area contributed by atoms with E-state index in [-0.39, 0.29) is 48.5 Å². The number of anilines is 1. The van der Waals surface area contributed by atoms with Gasteiger partial charge in [0.15, 0.2) is 0 Å². The summed E-state index contributed by atoms with van der Waals surface area (Å²) < 4.78 is 0. The van der Waals surface area contributed by atoms with Crippen molar-refractivity contribution in [3.63, 3.8) is 0 Å². The summed E-state index contributed by atoms with van der Waals surface area (Å²) in [5, 5.41) is 0.799. The van der Waals surface area contributed by atoms with Crippen LogP contribution in [0.5, 0.6) is 0 Å². The Morgan fingerprint density at radius 2 is 1.45 bits per heavy atom. The van der Waals surface area contributed by atoms with Crippen molar-refractivity contribution in [1.29, 1.82) is 0 Å². The van der Waals surface area contributed by atoms with Gasteiger partial charge in [-0.1, -0.05) is 35.9 Å². The van der Waals surface area contributed by atoms with Gasteiger partial charge in [0.2, 0.25) is 11.8 Å². The van der Waals surface area contributed by atoms with Crippen LogP contribution >= 0.6 is 36.4 Å². The fraction of sp³-hybridized carbons (Fsp3) is 0.524. The molecule has 2 amide bonds. The number of benzene rings is 1. The highest BCUT2D eigenvalue weighted by Gasteiger charge is 2.46. The molecule has 2 saturated heterocycles. The number of carbonyl (C=O) groups is 2. The zero-order valence-corrected chi connectivity index (χ0v) is 18.7. The Balaban J connectivity index is 0.00000150. The SMILES string of the molecule is Cl.Cl.O=C1C2CC=CCC2C(=O)N1CCCN1CCN(c2ccccc2Cl)CC1. The Morgan fingerprint density at radius 1 is 0.862 bits per heavy atom. The van der Waals surface area contributed by atoms with Crippen molar-refractivity contribution in [3.05, 3.63) is 41.4 Å². The summed E-state index contributed by atoms with van der Waals surface area (Å²) in [5.41, 5.74) is 1.10. The molecule has 4 rings (SSSR count). The van der Waals surface area contributed by atoms with Crippen LogP contribution in [0.25, 0.3) is 0 Å². The number of imide groups is 1. The molecular formula is C21H28Cl3N3O2. The second-order valence-corrected chi connectivity index (χ2v) is 8.02. The average molecular weight is 461 g/mol. The monoisotopic (exact) mass is 459 g/mol. The highest BCUT2D eigenvalue weighted by atomic mass is 35.5. The quantitative estimate of drug-likeness (QED) is 0.497. The summed E-state index contributed by atoms with van der Waals surface area (Å²) in [6.45, 7) is 5.31. The lowest BCUT2D eigenvalue weighted by Crippen LogP contribution is -2.47. The van der Waals surface area contributed by atoms with Gasteiger partial charge in [-0.25, -0.2) is 0 Å². The van der Waals surface area contributed by atoms with Gasteiger partial charge in [-0.15, -0.1) is 24.8 Å². The minimum atomic E-state index is -0.110. The zero-order valence-electron chi connectivity index (χ0n) is 16.3. The third-order valence-electron chi connectivity index (χ3n) is 6.02. The van der Waals surface area contributed by atoms with Crippen molar-refractivity contribution in [2.75, 3.05) is 44.2 Å². The number of fused-ring (bicyclic) bond motifs is 1. The number of nitrogens with zero attached hydrogens (tertiary/aromatic N) is 3. The number of para-hydroxylation sites is 1. The van der Waals surface area contributed by atoms with Crippen LogP contribution in [-0.4, -0.2) is 60.9 Å². The van der Waals surface area contributed by atoms with Crippen LogP contribution in [0.2, 0.25) is 5.02 Å². The molecule has 0 spiro atoms. The number of amides is 2. The highest BCUT2D eigenvalue weighted by Crippen LogP contribution is 2.35. The van der Waals surface area contributed by atoms with Crippen molar-refractivity contribution in [3.8, 4) is 0 Å². The number of hydrogen-bond acceptors (Lipinski definition) is 4. The normalized spacial score (nSPS) is 24.2. The number of likely N-dealkylation sites (tertiary alicyclic amines) is 1. The van der Waals surface area contributed by atoms with Gasteiger partial charge < -0.3 is 4.90 Å². The standard InChI is InChI=1S/C21H26ClN3O2.2ClH/c22-18-8-3-4-9-19(18)24-14-12-23(13-15-24)10-5-11-25-20(26)16-6-1-2-7-17(16)21(25)27;;/h1-4,8-9,16-17H,5-7,10-15H2;2*1H. The van der Waals surface area contributed by atoms with Crippen LogP contribution in [-0.2, 0) is 9.59 Å². The topological polar surface area (TPSA) is 43.9 Å². The third kappa shape index (κ3) is 5.08. The highest BCUT2D eigenvalue weighted by molar-refractivity contribution is 6.33. The van der Waals surface area contributed by atoms with Crippen LogP contribution in [0.3, 0.4) is 0 Å². The predicted octanol–water partition coefficient (Wildman–Crippen LogP) is 3.65. The first-order chi connectivity index (χ1) is 13.1. The fourth-order valence-electron chi connectivity index (χ4n) is 4.46. The van der Waals surface area contributed by atoms with Crippen molar-refractivity contribution in [2.24, 2.45) is 11.8 Å². The lowest BCUT2D eigenvalue weighted by atomic mass is 9.85. The molecule has 1 aromatic rings. The summed E-state index contributed by atoms with van der Waals surface area (Å²) in [6.07, 6.45) is 6.35. The van der Waals surface area contributed by atoms with E-state index in [1.165, 1.54) is 4.90 Å². The molecule has 3 aliphatic rings. The Labute approximate surface area is 189 Å². The molecule has 8 heteroatoms. The summed E-state index contributed by atoms with van der Waals surface area (Å²) >= 11 is 6.30. The van der Waals surface area contributed by atoms with Crippen LogP contribution in [0.1, 0.15) is 19.3 Å². The van der Waals surface area contributed by atoms with Crippen molar-refractivity contribution in [2.45, 2.75) is 19.3 Å². The van der Waals surface area contributed by atoms with Gasteiger partial charge >= 0.3 is 0 Å². The summed E-state index contributed by atoms with van der Waals surface area (Å²) in [6, 6.07) is 7.97. The maximum atomic E-state index is 12.5. The van der Waals surface area contributed by atoms with Crippen LogP contribution < -0.4 is 4.90 Å². The number of rotatable bonds is 5. The Hall–Kier alpha value is -1.27. The molecule has 2 fully saturated rings. The molecule has 2 heterocycles. The van der Waals surface area contributed by atoms with E-state index in [0.717, 1.165) is 62.7 Å². The van der Waals surface area contributed by atoms with E-state index in [9.17, 15) is 9.59 Å². The first-order valence-electron chi connectivity index (χ1n) is 9.87. The van der Waals surface area contributed by atoms with Gasteiger partial charge in [-0.2, -0.15) is 0 Å². The molecule has 0 bridgehead atoms. The van der Waals surface area contributed by atoms with E-state index in [0.29, 0.717) is 6.54 Å². The fourth-order valence-corrected chi connectivity index (χ4v) is 4.72. The summed E-state index contributed by atoms with van der Waals surface area (Å²) in [5.74, 6) is -0.140. The van der Waals surface area contributed by atoms with Crippen LogP contribution in [0.15, 0.2) is 36.4 Å². The summed E-state index contributed by atoms with van der Waals surface area (Å²) in [7, 11) is 0. The Kier molecular flexibility index (Phi) is 8.83. The molecule has 0 saturated carbocycles. The first-order valence-corrected chi connectivity index (χ1v) is 10.2. The van der Waals surface area contributed by atoms with E-state index in [2.05, 4.69) is 15.9 Å². The smallest absolute Gasteiger partial charge is 0.233 e. The first kappa shape index (κ1) is 24.0. The van der Waals surface area contributed by atoms with Gasteiger partial charge in [0.05, 0.1) is 22.5 Å². The molecule has 1 aliphatic carbocycles. The molecule has 29 heavy (non-hydrogen) atoms. The van der Waals surface area contributed by atoms with E-state index in [4.69, 9.17) is 11.6 Å². The molecule has 2 atom stereocenters. The predicted molar refractivity (Wildman–Crippen MR) is 121 cm³/mol. The number of halogens is 3. The van der Waals surface area contributed by atoms with E-state index in [1.54, 1.807) is 0 Å². The molecular weight excluding hydrogens is 433 g/mol. The number of carbonyl (C=O) groups excluding carboxylic acids is 2. The van der Waals surface area contributed by atoms with E-state index in [1.807, 2.05) is 30.4 Å². The number of piperazine rings is 1. The van der Waals surface area contributed by atoms with Gasteiger partial charge in [0.1, 0.15) is 0 Å². The molecule has 1 aromatic carbocycles. The number of hydrogen-bond donors (Lipinski definition) is 0. The second kappa shape index (κ2) is 10.7. The van der Waals surface area contributed by atoms with E-state index >= 15 is 0 Å². The minimum Gasteiger partial charge on any atom is -0.368 e. The molecule has 0 aromatic heterocycles. The van der Waals surface area contributed by atoms with Gasteiger partial charge in [-0.3, -0.25) is 19.4 Å². The maximum Gasteiger partial charge on any atom is 0.233 e. The Morgan fingerprint density at radius 3 is 2.03 bits per heavy atom. The summed E-state index contributed by atoms with van der Waals surface area (Å²) in [4.78, 5) is 31.3. The van der Waals surface area contributed by atoms with Crippen molar-refractivity contribution in [1.82, 2.24) is 9.80 Å². The van der Waals surface area contributed by atoms with Crippen LogP contribution in [0, 0.1) is 11.8 Å². The lowest BCUT2D eigenvalue weighted by molar-refractivity contribution is -0.140. The zero-order chi connectivity index (χ0) is 18.8. The van der Waals surface area contributed by atoms with E-state index < -0.39 is 0 Å². The van der Waals surface area contributed by atoms with Gasteiger partial charge in [-0.05, 0) is 37.9 Å². The molecule has 2 unspecified atom stereocenters. The molecule has 5 nitrogen and oxygen atoms in total. The molecule has 0 N–H and O–H groups in total. The van der Waals surface area contributed by atoms with Crippen molar-refractivity contribution < 1.29 is 9.59 Å². The maximum absolute atomic E-state index is 12.5. The van der Waals surface area contributed by atoms with Gasteiger partial charge in [0, 0.05) is 32.7 Å². The minimum absolute atomic E-state index is 0. The second-order valence-electron chi connectivity index (χ2n) is 7.62. The molecule has 0 radical (unpaired) electrons. The lowest BCUT2D eigenvalue weighted by Gasteiger charge is -2.36. The van der Waals surface area contributed by atoms with Crippen LogP contribution in [0.4, 0.5) is 5.69 Å². The third-order valence-corrected chi connectivity index (χ3v) is 6.34. The molecule has 2 aliphatic heterocycles. The molecule has 160 valence electrons. The number of allylic oxidation sites excluding steroid dienone is 2. The Bertz CT molecular complexity index is 724. The van der Waals surface area contributed by atoms with Crippen molar-refractivity contribution >= 4 is 53.9 Å².